The number of rotatable bonds is 2. The molecule has 3 heteroatoms. The van der Waals surface area contributed by atoms with Gasteiger partial charge in [0.1, 0.15) is 5.75 Å². The van der Waals surface area contributed by atoms with Crippen LogP contribution in [0.15, 0.2) is 24.3 Å². The van der Waals surface area contributed by atoms with Crippen molar-refractivity contribution in [2.45, 2.75) is 12.0 Å². The van der Waals surface area contributed by atoms with Crippen molar-refractivity contribution >= 4 is 0 Å². The minimum absolute atomic E-state index is 0.267. The van der Waals surface area contributed by atoms with Crippen LogP contribution in [0.4, 0.5) is 0 Å². The molecule has 1 aromatic rings. The minimum atomic E-state index is -0.654. The highest BCUT2D eigenvalue weighted by Gasteiger charge is 2.34. The smallest absolute Gasteiger partial charge is 0.118 e. The Bertz CT molecular complexity index is 308. The lowest BCUT2D eigenvalue weighted by molar-refractivity contribution is -0.00944. The zero-order valence-corrected chi connectivity index (χ0v) is 7.33. The molecule has 1 saturated heterocycles. The normalized spacial score (nSPS) is 19.5. The van der Waals surface area contributed by atoms with Crippen LogP contribution < -0.4 is 5.32 Å². The van der Waals surface area contributed by atoms with Crippen LogP contribution in [0.3, 0.4) is 0 Å². The van der Waals surface area contributed by atoms with Crippen LogP contribution in [0.1, 0.15) is 5.56 Å². The number of benzene rings is 1. The maximum absolute atomic E-state index is 9.81. The second kappa shape index (κ2) is 3.01. The van der Waals surface area contributed by atoms with Crippen molar-refractivity contribution in [1.29, 1.82) is 0 Å². The third-order valence-electron chi connectivity index (χ3n) is 2.42. The second-order valence-corrected chi connectivity index (χ2v) is 3.63. The van der Waals surface area contributed by atoms with E-state index in [0.29, 0.717) is 19.5 Å². The van der Waals surface area contributed by atoms with E-state index < -0.39 is 5.60 Å². The summed E-state index contributed by atoms with van der Waals surface area (Å²) in [6.07, 6.45) is 0.521. The maximum atomic E-state index is 9.81. The number of phenolic OH excluding ortho intramolecular Hbond substituents is 1. The van der Waals surface area contributed by atoms with Crippen molar-refractivity contribution in [3.8, 4) is 5.75 Å². The molecule has 70 valence electrons. The molecule has 0 amide bonds. The lowest BCUT2D eigenvalue weighted by Crippen LogP contribution is -2.60. The molecule has 0 spiro atoms. The Kier molecular flexibility index (Phi) is 1.98. The van der Waals surface area contributed by atoms with Crippen molar-refractivity contribution in [2.75, 3.05) is 13.1 Å². The van der Waals surface area contributed by atoms with E-state index in [4.69, 9.17) is 0 Å². The molecule has 0 unspecified atom stereocenters. The summed E-state index contributed by atoms with van der Waals surface area (Å²) < 4.78 is 0. The Morgan fingerprint density at radius 2 is 2.00 bits per heavy atom. The molecule has 0 aromatic heterocycles. The fourth-order valence-electron chi connectivity index (χ4n) is 1.55. The highest BCUT2D eigenvalue weighted by molar-refractivity contribution is 5.33. The first-order valence-corrected chi connectivity index (χ1v) is 4.40. The van der Waals surface area contributed by atoms with Gasteiger partial charge in [0.2, 0.25) is 0 Å². The minimum Gasteiger partial charge on any atom is -0.508 e. The Balaban J connectivity index is 2.13. The average molecular weight is 179 g/mol. The monoisotopic (exact) mass is 179 g/mol. The van der Waals surface area contributed by atoms with Crippen molar-refractivity contribution < 1.29 is 10.2 Å². The molecular formula is C10H13NO2. The van der Waals surface area contributed by atoms with E-state index >= 15 is 0 Å². The first kappa shape index (κ1) is 8.53. The largest absolute Gasteiger partial charge is 0.508 e. The number of β-amino-alcohol motifs (C(OH)–C–C–N with tert-alkyl or cyclic N) is 1. The molecule has 1 aromatic carbocycles. The number of aliphatic hydroxyl groups is 1. The van der Waals surface area contributed by atoms with Gasteiger partial charge in [-0.05, 0) is 11.6 Å². The quantitative estimate of drug-likeness (QED) is 0.610. The van der Waals surface area contributed by atoms with Crippen molar-refractivity contribution in [1.82, 2.24) is 5.32 Å². The molecule has 1 fully saturated rings. The summed E-state index contributed by atoms with van der Waals surface area (Å²) in [4.78, 5) is 0. The molecule has 0 saturated carbocycles. The Morgan fingerprint density at radius 1 is 1.31 bits per heavy atom. The topological polar surface area (TPSA) is 52.5 Å². The van der Waals surface area contributed by atoms with Crippen LogP contribution in [0.2, 0.25) is 0 Å². The van der Waals surface area contributed by atoms with Gasteiger partial charge >= 0.3 is 0 Å². The van der Waals surface area contributed by atoms with E-state index in [9.17, 15) is 10.2 Å². The average Bonchev–Trinajstić information content (AvgIpc) is 2.06. The summed E-state index contributed by atoms with van der Waals surface area (Å²) in [7, 11) is 0. The zero-order chi connectivity index (χ0) is 9.31. The molecule has 13 heavy (non-hydrogen) atoms. The van der Waals surface area contributed by atoms with Crippen LogP contribution in [0, 0.1) is 0 Å². The molecule has 2 rings (SSSR count). The molecule has 3 nitrogen and oxygen atoms in total. The van der Waals surface area contributed by atoms with Crippen molar-refractivity contribution in [2.24, 2.45) is 0 Å². The van der Waals surface area contributed by atoms with Crippen LogP contribution in [-0.2, 0) is 6.42 Å². The molecule has 0 radical (unpaired) electrons. The third-order valence-corrected chi connectivity index (χ3v) is 2.42. The number of aromatic hydroxyl groups is 1. The molecule has 1 aliphatic heterocycles. The number of nitrogens with one attached hydrogen (secondary N) is 1. The van der Waals surface area contributed by atoms with Gasteiger partial charge in [-0.1, -0.05) is 18.2 Å². The second-order valence-electron chi connectivity index (χ2n) is 3.63. The van der Waals surface area contributed by atoms with E-state index in [-0.39, 0.29) is 5.75 Å². The Morgan fingerprint density at radius 3 is 2.54 bits per heavy atom. The zero-order valence-electron chi connectivity index (χ0n) is 7.33. The number of hydrogen-bond acceptors (Lipinski definition) is 3. The van der Waals surface area contributed by atoms with Crippen LogP contribution in [-0.4, -0.2) is 28.9 Å². The highest BCUT2D eigenvalue weighted by atomic mass is 16.3. The first-order chi connectivity index (χ1) is 6.20. The molecule has 1 heterocycles. The van der Waals surface area contributed by atoms with Gasteiger partial charge in [-0.15, -0.1) is 0 Å². The van der Waals surface area contributed by atoms with E-state index in [2.05, 4.69) is 5.32 Å². The molecule has 0 aliphatic carbocycles. The van der Waals surface area contributed by atoms with Crippen molar-refractivity contribution in [3.05, 3.63) is 29.8 Å². The standard InChI is InChI=1S/C10H13NO2/c12-9-4-2-1-3-8(9)5-10(13)6-11-7-10/h1-4,11-13H,5-7H2. The van der Waals surface area contributed by atoms with Crippen LogP contribution in [0.5, 0.6) is 5.75 Å². The van der Waals surface area contributed by atoms with E-state index in [0.717, 1.165) is 5.56 Å². The van der Waals surface area contributed by atoms with E-state index in [1.165, 1.54) is 0 Å². The lowest BCUT2D eigenvalue weighted by atomic mass is 9.89. The first-order valence-electron chi connectivity index (χ1n) is 4.40. The van der Waals surface area contributed by atoms with Gasteiger partial charge in [-0.2, -0.15) is 0 Å². The summed E-state index contributed by atoms with van der Waals surface area (Å²) in [5.74, 6) is 0.267. The molecule has 0 atom stereocenters. The predicted molar refractivity (Wildman–Crippen MR) is 49.6 cm³/mol. The fraction of sp³-hybridized carbons (Fsp3) is 0.400. The summed E-state index contributed by atoms with van der Waals surface area (Å²) >= 11 is 0. The SMILES string of the molecule is Oc1ccccc1CC1(O)CNC1. The fourth-order valence-corrected chi connectivity index (χ4v) is 1.55. The Hall–Kier alpha value is -1.06. The van der Waals surface area contributed by atoms with E-state index in [1.807, 2.05) is 12.1 Å². The summed E-state index contributed by atoms with van der Waals surface area (Å²) in [6.45, 7) is 1.22. The summed E-state index contributed by atoms with van der Waals surface area (Å²) in [5, 5.41) is 22.3. The third kappa shape index (κ3) is 1.66. The van der Waals surface area contributed by atoms with Gasteiger partial charge in [-0.3, -0.25) is 0 Å². The van der Waals surface area contributed by atoms with Gasteiger partial charge in [0.15, 0.2) is 0 Å². The maximum Gasteiger partial charge on any atom is 0.118 e. The lowest BCUT2D eigenvalue weighted by Gasteiger charge is -2.37. The van der Waals surface area contributed by atoms with Gasteiger partial charge in [-0.25, -0.2) is 0 Å². The van der Waals surface area contributed by atoms with Crippen LogP contribution in [0.25, 0.3) is 0 Å². The molecular weight excluding hydrogens is 166 g/mol. The highest BCUT2D eigenvalue weighted by Crippen LogP contribution is 2.23. The van der Waals surface area contributed by atoms with Gasteiger partial charge in [0, 0.05) is 19.5 Å². The number of hydrogen-bond donors (Lipinski definition) is 3. The molecule has 0 bridgehead atoms. The van der Waals surface area contributed by atoms with Crippen molar-refractivity contribution in [3.63, 3.8) is 0 Å². The molecule has 1 aliphatic rings. The van der Waals surface area contributed by atoms with Crippen LogP contribution >= 0.6 is 0 Å². The summed E-state index contributed by atoms with van der Waals surface area (Å²) in [5.41, 5.74) is 0.158. The Labute approximate surface area is 77.0 Å². The molecule has 3 N–H and O–H groups in total. The van der Waals surface area contributed by atoms with Gasteiger partial charge < -0.3 is 15.5 Å². The number of phenols is 1. The summed E-state index contributed by atoms with van der Waals surface area (Å²) in [6, 6.07) is 7.13. The van der Waals surface area contributed by atoms with Gasteiger partial charge in [0.25, 0.3) is 0 Å². The van der Waals surface area contributed by atoms with Gasteiger partial charge in [0.05, 0.1) is 5.60 Å². The van der Waals surface area contributed by atoms with E-state index in [1.54, 1.807) is 12.1 Å². The predicted octanol–water partition coefficient (Wildman–Crippen LogP) is 0.269. The number of para-hydroxylation sites is 1.